The number of benzene rings is 1. The molecule has 4 rings (SSSR count). The Kier molecular flexibility index (Phi) is 6.52. The molecule has 0 saturated heterocycles. The van der Waals surface area contributed by atoms with Gasteiger partial charge in [0.25, 0.3) is 0 Å². The number of pyridine rings is 1. The summed E-state index contributed by atoms with van der Waals surface area (Å²) in [6, 6.07) is 5.47. The molecule has 0 N–H and O–H groups in total. The van der Waals surface area contributed by atoms with Crippen molar-refractivity contribution >= 4 is 5.97 Å². The van der Waals surface area contributed by atoms with E-state index in [1.807, 2.05) is 16.7 Å². The molecule has 2 aromatic rings. The lowest BCUT2D eigenvalue weighted by molar-refractivity contribution is 0.0516. The monoisotopic (exact) mass is 455 g/mol. The fourth-order valence-electron chi connectivity index (χ4n) is 4.59. The maximum atomic E-state index is 12.9. The van der Waals surface area contributed by atoms with Crippen molar-refractivity contribution in [3.05, 3.63) is 45.7 Å². The first-order valence-corrected chi connectivity index (χ1v) is 11.5. The fraction of sp³-hybridized carbons (Fsp3) is 0.538. The maximum absolute atomic E-state index is 12.9. The van der Waals surface area contributed by atoms with Gasteiger partial charge in [0.05, 0.1) is 32.6 Å². The number of carbonyl (C=O) groups excluding carboxylic acids is 1. The second kappa shape index (κ2) is 9.21. The zero-order valence-corrected chi connectivity index (χ0v) is 20.1. The largest absolute Gasteiger partial charge is 0.493 e. The van der Waals surface area contributed by atoms with Gasteiger partial charge in [-0.25, -0.2) is 4.79 Å². The molecule has 1 aromatic heterocycles. The molecule has 1 unspecified atom stereocenters. The Labute approximate surface area is 194 Å². The molecule has 178 valence electrons. The standard InChI is InChI=1S/C26H33NO6/c1-6-32-25(29)19-13-27-20(12-21(19)28)18-11-22(31-5)23(33-14-16-7-8-16)9-17(18)10-24(27)26(2,3)15-30-4/h9,11-13,16,24H,6-8,10,14-15H2,1-5H3. The van der Waals surface area contributed by atoms with Crippen molar-refractivity contribution in [1.82, 2.24) is 4.57 Å². The number of hydrogen-bond acceptors (Lipinski definition) is 6. The lowest BCUT2D eigenvalue weighted by Gasteiger charge is -2.40. The number of hydrogen-bond donors (Lipinski definition) is 0. The molecular weight excluding hydrogens is 422 g/mol. The van der Waals surface area contributed by atoms with Gasteiger partial charge >= 0.3 is 5.97 Å². The summed E-state index contributed by atoms with van der Waals surface area (Å²) in [5.41, 5.74) is 2.15. The van der Waals surface area contributed by atoms with Crippen molar-refractivity contribution in [1.29, 1.82) is 0 Å². The van der Waals surface area contributed by atoms with Crippen LogP contribution in [0.2, 0.25) is 0 Å². The SMILES string of the molecule is CCOC(=O)c1cn2c(cc1=O)-c1cc(OC)c(OCC3CC3)cc1CC2C(C)(C)COC. The number of methoxy groups -OCH3 is 2. The normalized spacial score (nSPS) is 17.2. The summed E-state index contributed by atoms with van der Waals surface area (Å²) < 4.78 is 24.4. The van der Waals surface area contributed by atoms with Crippen LogP contribution in [0.15, 0.2) is 29.2 Å². The van der Waals surface area contributed by atoms with E-state index >= 15 is 0 Å². The van der Waals surface area contributed by atoms with Crippen molar-refractivity contribution in [3.63, 3.8) is 0 Å². The summed E-state index contributed by atoms with van der Waals surface area (Å²) in [4.78, 5) is 25.4. The molecule has 1 aliphatic heterocycles. The molecule has 33 heavy (non-hydrogen) atoms. The van der Waals surface area contributed by atoms with Gasteiger partial charge in [0.15, 0.2) is 16.9 Å². The second-order valence-electron chi connectivity index (χ2n) is 9.62. The van der Waals surface area contributed by atoms with E-state index in [0.29, 0.717) is 31.3 Å². The van der Waals surface area contributed by atoms with Crippen molar-refractivity contribution in [2.24, 2.45) is 11.3 Å². The predicted molar refractivity (Wildman–Crippen MR) is 125 cm³/mol. The van der Waals surface area contributed by atoms with Crippen LogP contribution in [0.25, 0.3) is 11.3 Å². The Balaban J connectivity index is 1.86. The van der Waals surface area contributed by atoms with Crippen LogP contribution < -0.4 is 14.9 Å². The highest BCUT2D eigenvalue weighted by Crippen LogP contribution is 2.46. The summed E-state index contributed by atoms with van der Waals surface area (Å²) >= 11 is 0. The molecule has 2 heterocycles. The maximum Gasteiger partial charge on any atom is 0.343 e. The first kappa shape index (κ1) is 23.4. The topological polar surface area (TPSA) is 76.0 Å². The van der Waals surface area contributed by atoms with Gasteiger partial charge in [-0.2, -0.15) is 0 Å². The Morgan fingerprint density at radius 1 is 1.15 bits per heavy atom. The summed E-state index contributed by atoms with van der Waals surface area (Å²) in [5.74, 6) is 1.39. The number of fused-ring (bicyclic) bond motifs is 3. The zero-order chi connectivity index (χ0) is 23.8. The number of esters is 1. The molecule has 1 fully saturated rings. The first-order chi connectivity index (χ1) is 15.8. The molecule has 1 atom stereocenters. The van der Waals surface area contributed by atoms with Crippen molar-refractivity contribution in [2.45, 2.75) is 46.1 Å². The van der Waals surface area contributed by atoms with E-state index in [4.69, 9.17) is 18.9 Å². The van der Waals surface area contributed by atoms with Gasteiger partial charge in [0.1, 0.15) is 5.56 Å². The van der Waals surface area contributed by atoms with Crippen LogP contribution in [0.1, 0.15) is 55.6 Å². The molecule has 1 aliphatic carbocycles. The quantitative estimate of drug-likeness (QED) is 0.526. The molecule has 0 amide bonds. The predicted octanol–water partition coefficient (Wildman–Crippen LogP) is 4.26. The Hall–Kier alpha value is -2.80. The van der Waals surface area contributed by atoms with Gasteiger partial charge in [0, 0.05) is 36.4 Å². The molecule has 0 radical (unpaired) electrons. The zero-order valence-electron chi connectivity index (χ0n) is 20.1. The third-order valence-corrected chi connectivity index (χ3v) is 6.58. The van der Waals surface area contributed by atoms with Crippen LogP contribution in [-0.2, 0) is 15.9 Å². The van der Waals surface area contributed by atoms with Crippen molar-refractivity contribution in [2.75, 3.05) is 34.0 Å². The molecule has 7 nitrogen and oxygen atoms in total. The Bertz CT molecular complexity index is 1100. The van der Waals surface area contributed by atoms with E-state index in [1.54, 1.807) is 27.3 Å². The third kappa shape index (κ3) is 4.64. The molecule has 0 spiro atoms. The smallest absolute Gasteiger partial charge is 0.343 e. The Morgan fingerprint density at radius 2 is 1.91 bits per heavy atom. The van der Waals surface area contributed by atoms with Crippen LogP contribution in [0, 0.1) is 11.3 Å². The van der Waals surface area contributed by atoms with Gasteiger partial charge in [0.2, 0.25) is 0 Å². The summed E-state index contributed by atoms with van der Waals surface area (Å²) in [7, 11) is 3.31. The minimum absolute atomic E-state index is 0.0404. The van der Waals surface area contributed by atoms with Gasteiger partial charge in [-0.15, -0.1) is 0 Å². The van der Waals surface area contributed by atoms with Gasteiger partial charge < -0.3 is 23.5 Å². The van der Waals surface area contributed by atoms with Crippen molar-refractivity contribution in [3.8, 4) is 22.8 Å². The first-order valence-electron chi connectivity index (χ1n) is 11.5. The highest BCUT2D eigenvalue weighted by atomic mass is 16.5. The van der Waals surface area contributed by atoms with Gasteiger partial charge in [-0.05, 0) is 49.8 Å². The van der Waals surface area contributed by atoms with Gasteiger partial charge in [-0.1, -0.05) is 13.8 Å². The highest BCUT2D eigenvalue weighted by molar-refractivity contribution is 5.89. The van der Waals surface area contributed by atoms with Crippen molar-refractivity contribution < 1.29 is 23.7 Å². The molecular formula is C26H33NO6. The number of nitrogens with zero attached hydrogens (tertiary/aromatic N) is 1. The molecule has 7 heteroatoms. The molecule has 1 aromatic carbocycles. The van der Waals surface area contributed by atoms with Crippen LogP contribution in [0.3, 0.4) is 0 Å². The fourth-order valence-corrected chi connectivity index (χ4v) is 4.59. The minimum Gasteiger partial charge on any atom is -0.493 e. The highest BCUT2D eigenvalue weighted by Gasteiger charge is 2.37. The average molecular weight is 456 g/mol. The summed E-state index contributed by atoms with van der Waals surface area (Å²) in [6.45, 7) is 7.41. The molecule has 2 aliphatic rings. The summed E-state index contributed by atoms with van der Waals surface area (Å²) in [6.07, 6.45) is 4.76. The van der Waals surface area contributed by atoms with Crippen LogP contribution in [0.4, 0.5) is 0 Å². The van der Waals surface area contributed by atoms with E-state index in [2.05, 4.69) is 13.8 Å². The minimum atomic E-state index is -0.603. The van der Waals surface area contributed by atoms with E-state index in [0.717, 1.165) is 22.6 Å². The third-order valence-electron chi connectivity index (χ3n) is 6.58. The average Bonchev–Trinajstić information content (AvgIpc) is 3.60. The van der Waals surface area contributed by atoms with E-state index < -0.39 is 5.97 Å². The lowest BCUT2D eigenvalue weighted by Crippen LogP contribution is -2.37. The molecule has 1 saturated carbocycles. The van der Waals surface area contributed by atoms with E-state index in [-0.39, 0.29) is 29.1 Å². The number of rotatable bonds is 9. The number of carbonyl (C=O) groups is 1. The molecule has 0 bridgehead atoms. The second-order valence-corrected chi connectivity index (χ2v) is 9.62. The van der Waals surface area contributed by atoms with E-state index in [1.165, 1.54) is 18.9 Å². The van der Waals surface area contributed by atoms with Crippen LogP contribution in [-0.4, -0.2) is 44.6 Å². The van der Waals surface area contributed by atoms with Gasteiger partial charge in [-0.3, -0.25) is 4.79 Å². The number of aromatic nitrogens is 1. The lowest BCUT2D eigenvalue weighted by atomic mass is 9.77. The number of ether oxygens (including phenoxy) is 4. The summed E-state index contributed by atoms with van der Waals surface area (Å²) in [5, 5.41) is 0. The Morgan fingerprint density at radius 3 is 2.55 bits per heavy atom. The van der Waals surface area contributed by atoms with Crippen LogP contribution >= 0.6 is 0 Å². The van der Waals surface area contributed by atoms with E-state index in [9.17, 15) is 9.59 Å². The van der Waals surface area contributed by atoms with Crippen LogP contribution in [0.5, 0.6) is 11.5 Å².